The van der Waals surface area contributed by atoms with E-state index >= 15 is 0 Å². The molecule has 138 valence electrons. The van der Waals surface area contributed by atoms with E-state index in [1.807, 2.05) is 12.3 Å². The third kappa shape index (κ3) is 3.79. The van der Waals surface area contributed by atoms with Crippen molar-refractivity contribution in [2.24, 2.45) is 5.92 Å². The minimum absolute atomic E-state index is 0.0988. The van der Waals surface area contributed by atoms with Gasteiger partial charge < -0.3 is 4.90 Å². The molecule has 6 heteroatoms. The van der Waals surface area contributed by atoms with Crippen LogP contribution < -0.4 is 10.5 Å². The van der Waals surface area contributed by atoms with Gasteiger partial charge >= 0.3 is 0 Å². The molecule has 0 atom stereocenters. The van der Waals surface area contributed by atoms with Crippen molar-refractivity contribution >= 4 is 5.82 Å². The fourth-order valence-electron chi connectivity index (χ4n) is 3.62. The minimum Gasteiger partial charge on any atom is -0.356 e. The Balaban J connectivity index is 1.36. The van der Waals surface area contributed by atoms with Gasteiger partial charge in [-0.05, 0) is 37.7 Å². The zero-order valence-corrected chi connectivity index (χ0v) is 15.6. The third-order valence-corrected chi connectivity index (χ3v) is 5.47. The maximum Gasteiger partial charge on any atom is 0.253 e. The zero-order valence-electron chi connectivity index (χ0n) is 15.6. The molecule has 0 N–H and O–H groups in total. The normalized spacial score (nSPS) is 18.5. The molecule has 1 saturated carbocycles. The van der Waals surface area contributed by atoms with E-state index in [0.29, 0.717) is 17.8 Å². The summed E-state index contributed by atoms with van der Waals surface area (Å²) in [5, 5.41) is 0. The van der Waals surface area contributed by atoms with E-state index in [-0.39, 0.29) is 5.56 Å². The quantitative estimate of drug-likeness (QED) is 0.827. The van der Waals surface area contributed by atoms with Crippen molar-refractivity contribution in [2.45, 2.75) is 57.9 Å². The van der Waals surface area contributed by atoms with Gasteiger partial charge in [0.25, 0.3) is 5.56 Å². The van der Waals surface area contributed by atoms with Gasteiger partial charge in [-0.25, -0.2) is 15.0 Å². The average molecular weight is 353 g/mol. The summed E-state index contributed by atoms with van der Waals surface area (Å²) in [6.45, 7) is 6.95. The Morgan fingerprint density at radius 1 is 1.15 bits per heavy atom. The molecule has 0 bridgehead atoms. The highest BCUT2D eigenvalue weighted by atomic mass is 16.1. The molecule has 6 nitrogen and oxygen atoms in total. The van der Waals surface area contributed by atoms with E-state index in [0.717, 1.165) is 49.8 Å². The second-order valence-electron chi connectivity index (χ2n) is 7.94. The summed E-state index contributed by atoms with van der Waals surface area (Å²) in [5.41, 5.74) is 1.08. The van der Waals surface area contributed by atoms with E-state index in [1.165, 1.54) is 12.8 Å². The first-order valence-electron chi connectivity index (χ1n) is 9.74. The minimum atomic E-state index is 0.0988. The molecule has 2 aromatic heterocycles. The second kappa shape index (κ2) is 7.17. The molecule has 3 heterocycles. The van der Waals surface area contributed by atoms with E-state index in [1.54, 1.807) is 17.0 Å². The van der Waals surface area contributed by atoms with Crippen LogP contribution in [-0.4, -0.2) is 32.6 Å². The summed E-state index contributed by atoms with van der Waals surface area (Å²) >= 11 is 0. The Hall–Kier alpha value is -2.24. The lowest BCUT2D eigenvalue weighted by Crippen LogP contribution is -2.37. The molecule has 1 saturated heterocycles. The second-order valence-corrected chi connectivity index (χ2v) is 7.94. The number of hydrogen-bond acceptors (Lipinski definition) is 5. The molecule has 26 heavy (non-hydrogen) atoms. The van der Waals surface area contributed by atoms with Crippen LogP contribution in [0.2, 0.25) is 0 Å². The monoisotopic (exact) mass is 353 g/mol. The van der Waals surface area contributed by atoms with Crippen molar-refractivity contribution in [2.75, 3.05) is 18.0 Å². The maximum absolute atomic E-state index is 12.3. The lowest BCUT2D eigenvalue weighted by molar-refractivity contribution is 0.349. The first-order valence-corrected chi connectivity index (χ1v) is 9.74. The molecular formula is C20H27N5O. The van der Waals surface area contributed by atoms with Gasteiger partial charge in [-0.15, -0.1) is 0 Å². The van der Waals surface area contributed by atoms with E-state index in [4.69, 9.17) is 4.98 Å². The smallest absolute Gasteiger partial charge is 0.253 e. The van der Waals surface area contributed by atoms with Crippen LogP contribution in [0, 0.1) is 5.92 Å². The molecule has 4 rings (SSSR count). The Labute approximate surface area is 154 Å². The van der Waals surface area contributed by atoms with Gasteiger partial charge in [-0.1, -0.05) is 13.8 Å². The summed E-state index contributed by atoms with van der Waals surface area (Å²) < 4.78 is 1.79. The summed E-state index contributed by atoms with van der Waals surface area (Å²) in [7, 11) is 0. The largest absolute Gasteiger partial charge is 0.356 e. The highest BCUT2D eigenvalue weighted by molar-refractivity contribution is 5.38. The number of rotatable bonds is 5. The van der Waals surface area contributed by atoms with Gasteiger partial charge in [0.05, 0.1) is 12.0 Å². The van der Waals surface area contributed by atoms with Crippen LogP contribution in [0.15, 0.2) is 29.5 Å². The van der Waals surface area contributed by atoms with Crippen LogP contribution in [0.1, 0.15) is 62.9 Å². The fourth-order valence-corrected chi connectivity index (χ4v) is 3.62. The van der Waals surface area contributed by atoms with Crippen molar-refractivity contribution in [1.82, 2.24) is 19.5 Å². The van der Waals surface area contributed by atoms with Crippen LogP contribution in [0.4, 0.5) is 5.82 Å². The Bertz CT molecular complexity index is 819. The van der Waals surface area contributed by atoms with Crippen molar-refractivity contribution in [3.05, 3.63) is 46.5 Å². The van der Waals surface area contributed by atoms with Crippen LogP contribution in [-0.2, 0) is 6.54 Å². The number of anilines is 1. The summed E-state index contributed by atoms with van der Waals surface area (Å²) in [6, 6.07) is 3.73. The summed E-state index contributed by atoms with van der Waals surface area (Å²) in [6.07, 6.45) is 8.10. The van der Waals surface area contributed by atoms with E-state index in [2.05, 4.69) is 28.7 Å². The number of hydrogen-bond donors (Lipinski definition) is 0. The predicted octanol–water partition coefficient (Wildman–Crippen LogP) is 2.95. The Kier molecular flexibility index (Phi) is 4.74. The first-order chi connectivity index (χ1) is 12.6. The van der Waals surface area contributed by atoms with Crippen molar-refractivity contribution in [3.8, 4) is 0 Å². The molecule has 2 aromatic rings. The summed E-state index contributed by atoms with van der Waals surface area (Å²) in [4.78, 5) is 28.2. The number of nitrogens with zero attached hydrogens (tertiary/aromatic N) is 5. The highest BCUT2D eigenvalue weighted by Gasteiger charge is 2.26. The first kappa shape index (κ1) is 17.2. The number of aromatic nitrogens is 4. The van der Waals surface area contributed by atoms with Crippen LogP contribution in [0.5, 0.6) is 0 Å². The molecule has 1 aliphatic heterocycles. The molecule has 0 unspecified atom stereocenters. The van der Waals surface area contributed by atoms with Gasteiger partial charge in [0.2, 0.25) is 0 Å². The van der Waals surface area contributed by atoms with Crippen molar-refractivity contribution < 1.29 is 0 Å². The van der Waals surface area contributed by atoms with Gasteiger partial charge in [0.1, 0.15) is 11.6 Å². The zero-order chi connectivity index (χ0) is 18.1. The maximum atomic E-state index is 12.3. The highest BCUT2D eigenvalue weighted by Crippen LogP contribution is 2.38. The average Bonchev–Trinajstić information content (AvgIpc) is 3.49. The molecule has 0 spiro atoms. The van der Waals surface area contributed by atoms with Gasteiger partial charge in [0.15, 0.2) is 0 Å². The van der Waals surface area contributed by atoms with Gasteiger partial charge in [-0.3, -0.25) is 9.36 Å². The molecule has 1 aliphatic carbocycles. The molecule has 2 fully saturated rings. The van der Waals surface area contributed by atoms with Crippen LogP contribution >= 0.6 is 0 Å². The molecule has 0 radical (unpaired) electrons. The molecule has 0 aromatic carbocycles. The van der Waals surface area contributed by atoms with Crippen LogP contribution in [0.25, 0.3) is 0 Å². The topological polar surface area (TPSA) is 63.9 Å². The Morgan fingerprint density at radius 2 is 1.92 bits per heavy atom. The SMILES string of the molecule is CC(C)c1nccc(N2CCC(Cn3cnc(C4CC4)cc3=O)CC2)n1. The predicted molar refractivity (Wildman–Crippen MR) is 102 cm³/mol. The Morgan fingerprint density at radius 3 is 2.58 bits per heavy atom. The molecule has 2 aliphatic rings. The van der Waals surface area contributed by atoms with Crippen molar-refractivity contribution in [3.63, 3.8) is 0 Å². The number of piperidine rings is 1. The lowest BCUT2D eigenvalue weighted by Gasteiger charge is -2.33. The van der Waals surface area contributed by atoms with E-state index in [9.17, 15) is 4.79 Å². The van der Waals surface area contributed by atoms with Crippen LogP contribution in [0.3, 0.4) is 0 Å². The molecule has 0 amide bonds. The summed E-state index contributed by atoms with van der Waals surface area (Å²) in [5.74, 6) is 3.31. The third-order valence-electron chi connectivity index (χ3n) is 5.47. The fraction of sp³-hybridized carbons (Fsp3) is 0.600. The molecular weight excluding hydrogens is 326 g/mol. The van der Waals surface area contributed by atoms with Gasteiger partial charge in [-0.2, -0.15) is 0 Å². The standard InChI is InChI=1S/C20H27N5O/c1-14(2)20-21-8-5-18(23-20)24-9-6-15(7-10-24)12-25-13-22-17(11-19(25)26)16-3-4-16/h5,8,11,13-16H,3-4,6-7,9-10,12H2,1-2H3. The lowest BCUT2D eigenvalue weighted by atomic mass is 9.96. The van der Waals surface area contributed by atoms with Crippen molar-refractivity contribution in [1.29, 1.82) is 0 Å². The van der Waals surface area contributed by atoms with Gasteiger partial charge in [0, 0.05) is 43.7 Å². The van der Waals surface area contributed by atoms with E-state index < -0.39 is 0 Å².